The Morgan fingerprint density at radius 2 is 1.59 bits per heavy atom. The molecule has 2 aromatic carbocycles. The quantitative estimate of drug-likeness (QED) is 0.493. The number of ketones is 1. The van der Waals surface area contributed by atoms with Crippen LogP contribution < -0.4 is 5.73 Å². The number of hydrogen-bond donors (Lipinski definition) is 1. The van der Waals surface area contributed by atoms with E-state index in [1.165, 1.54) is 19.1 Å². The van der Waals surface area contributed by atoms with Crippen molar-refractivity contribution in [2.45, 2.75) is 74.9 Å². The smallest absolute Gasteiger partial charge is 0.224 e. The molecule has 0 radical (unpaired) electrons. The fraction of sp³-hybridized carbons (Fsp3) is 0.481. The molecule has 0 saturated carbocycles. The molecule has 37 heavy (non-hydrogen) atoms. The molecule has 0 aromatic heterocycles. The van der Waals surface area contributed by atoms with Crippen molar-refractivity contribution in [1.82, 2.24) is 4.90 Å². The van der Waals surface area contributed by atoms with E-state index >= 15 is 0 Å². The van der Waals surface area contributed by atoms with Gasteiger partial charge in [-0.15, -0.1) is 0 Å². The maximum Gasteiger partial charge on any atom is 0.224 e. The SMILES string of the molecule is CC(=O)Cc1ccc(S(=O)(=O)CCC(=O)N2[C@@H]3CC[C@H]2CC([C@H](N)Cc2cc(F)c(F)cc2F)C3)cc1. The Labute approximate surface area is 214 Å². The van der Waals surface area contributed by atoms with Crippen LogP contribution in [0.3, 0.4) is 0 Å². The second-order valence-electron chi connectivity index (χ2n) is 10.2. The molecule has 4 atom stereocenters. The number of amides is 1. The van der Waals surface area contributed by atoms with Gasteiger partial charge in [0, 0.05) is 37.0 Å². The summed E-state index contributed by atoms with van der Waals surface area (Å²) >= 11 is 0. The summed E-state index contributed by atoms with van der Waals surface area (Å²) in [5.41, 5.74) is 7.10. The minimum atomic E-state index is -3.67. The molecule has 0 spiro atoms. The van der Waals surface area contributed by atoms with E-state index in [9.17, 15) is 31.2 Å². The van der Waals surface area contributed by atoms with Gasteiger partial charge in [0.15, 0.2) is 21.5 Å². The number of benzene rings is 2. The van der Waals surface area contributed by atoms with Crippen molar-refractivity contribution in [1.29, 1.82) is 0 Å². The molecule has 2 aliphatic heterocycles. The van der Waals surface area contributed by atoms with Crippen molar-refractivity contribution in [3.05, 3.63) is 65.0 Å². The Morgan fingerprint density at radius 3 is 2.19 bits per heavy atom. The van der Waals surface area contributed by atoms with Crippen molar-refractivity contribution in [2.24, 2.45) is 11.7 Å². The number of hydrogen-bond acceptors (Lipinski definition) is 5. The summed E-state index contributed by atoms with van der Waals surface area (Å²) in [7, 11) is -3.67. The van der Waals surface area contributed by atoms with Crippen LogP contribution in [0.4, 0.5) is 13.2 Å². The number of fused-ring (bicyclic) bond motifs is 2. The zero-order chi connectivity index (χ0) is 26.9. The minimum absolute atomic E-state index is 0.0166. The van der Waals surface area contributed by atoms with Crippen LogP contribution in [0, 0.1) is 23.4 Å². The van der Waals surface area contributed by atoms with E-state index in [4.69, 9.17) is 5.73 Å². The molecular weight excluding hydrogens is 505 g/mol. The van der Waals surface area contributed by atoms with Gasteiger partial charge in [0.25, 0.3) is 0 Å². The molecule has 200 valence electrons. The van der Waals surface area contributed by atoms with E-state index in [0.29, 0.717) is 18.9 Å². The normalized spacial score (nSPS) is 22.2. The first-order valence-electron chi connectivity index (χ1n) is 12.5. The largest absolute Gasteiger partial charge is 0.337 e. The number of rotatable bonds is 9. The van der Waals surface area contributed by atoms with Crippen molar-refractivity contribution in [3.63, 3.8) is 0 Å². The molecule has 2 fully saturated rings. The first-order chi connectivity index (χ1) is 17.4. The van der Waals surface area contributed by atoms with Crippen molar-refractivity contribution in [3.8, 4) is 0 Å². The summed E-state index contributed by atoms with van der Waals surface area (Å²) < 4.78 is 66.5. The Bertz CT molecular complexity index is 1270. The predicted octanol–water partition coefficient (Wildman–Crippen LogP) is 3.74. The second-order valence-corrected chi connectivity index (χ2v) is 12.3. The number of carbonyl (C=O) groups is 2. The van der Waals surface area contributed by atoms with Gasteiger partial charge in [-0.25, -0.2) is 21.6 Å². The second kappa shape index (κ2) is 10.9. The molecule has 10 heteroatoms. The molecule has 2 N–H and O–H groups in total. The Hall–Kier alpha value is -2.72. The van der Waals surface area contributed by atoms with E-state index in [2.05, 4.69) is 0 Å². The van der Waals surface area contributed by atoms with Crippen LogP contribution >= 0.6 is 0 Å². The van der Waals surface area contributed by atoms with E-state index in [0.717, 1.165) is 24.5 Å². The van der Waals surface area contributed by atoms with Crippen LogP contribution in [0.2, 0.25) is 0 Å². The highest BCUT2D eigenvalue weighted by molar-refractivity contribution is 7.91. The molecule has 1 unspecified atom stereocenters. The van der Waals surface area contributed by atoms with Crippen LogP contribution in [0.5, 0.6) is 0 Å². The van der Waals surface area contributed by atoms with Gasteiger partial charge in [-0.2, -0.15) is 0 Å². The van der Waals surface area contributed by atoms with Crippen LogP contribution in [0.1, 0.15) is 50.2 Å². The molecule has 2 heterocycles. The van der Waals surface area contributed by atoms with Gasteiger partial charge < -0.3 is 10.6 Å². The van der Waals surface area contributed by atoms with E-state index in [1.807, 2.05) is 0 Å². The molecule has 0 aliphatic carbocycles. The summed E-state index contributed by atoms with van der Waals surface area (Å²) in [6.45, 7) is 1.46. The zero-order valence-corrected chi connectivity index (χ0v) is 21.4. The molecule has 6 nitrogen and oxygen atoms in total. The monoisotopic (exact) mass is 536 g/mol. The van der Waals surface area contributed by atoms with Gasteiger partial charge in [0.05, 0.1) is 10.6 Å². The van der Waals surface area contributed by atoms with Gasteiger partial charge in [0.2, 0.25) is 5.91 Å². The topological polar surface area (TPSA) is 97.5 Å². The van der Waals surface area contributed by atoms with Crippen LogP contribution in [0.15, 0.2) is 41.3 Å². The molecule has 2 saturated heterocycles. The fourth-order valence-corrected chi connectivity index (χ4v) is 6.92. The van der Waals surface area contributed by atoms with E-state index < -0.39 is 33.3 Å². The third kappa shape index (κ3) is 6.23. The molecule has 1 amide bonds. The Kier molecular flexibility index (Phi) is 8.08. The van der Waals surface area contributed by atoms with Gasteiger partial charge in [-0.05, 0) is 74.3 Å². The number of nitrogens with zero attached hydrogens (tertiary/aromatic N) is 1. The number of halogens is 3. The van der Waals surface area contributed by atoms with Crippen molar-refractivity contribution >= 4 is 21.5 Å². The summed E-state index contributed by atoms with van der Waals surface area (Å²) in [4.78, 5) is 26.2. The lowest BCUT2D eigenvalue weighted by atomic mass is 9.82. The number of Topliss-reactive ketones (excluding diaryl/α,β-unsaturated/α-hetero) is 1. The van der Waals surface area contributed by atoms with E-state index in [-0.39, 0.29) is 65.2 Å². The van der Waals surface area contributed by atoms with Crippen molar-refractivity contribution in [2.75, 3.05) is 5.75 Å². The highest BCUT2D eigenvalue weighted by Crippen LogP contribution is 2.40. The van der Waals surface area contributed by atoms with Gasteiger partial charge in [0.1, 0.15) is 11.6 Å². The molecule has 2 aromatic rings. The molecular formula is C27H31F3N2O4S. The van der Waals surface area contributed by atoms with Crippen LogP contribution in [0.25, 0.3) is 0 Å². The van der Waals surface area contributed by atoms with Gasteiger partial charge in [-0.1, -0.05) is 12.1 Å². The number of nitrogens with two attached hydrogens (primary N) is 1. The summed E-state index contributed by atoms with van der Waals surface area (Å²) in [5.74, 6) is -3.77. The minimum Gasteiger partial charge on any atom is -0.337 e. The zero-order valence-electron chi connectivity index (χ0n) is 20.6. The van der Waals surface area contributed by atoms with E-state index in [1.54, 1.807) is 17.0 Å². The average molecular weight is 537 g/mol. The maximum absolute atomic E-state index is 14.1. The van der Waals surface area contributed by atoms with Crippen LogP contribution in [-0.4, -0.2) is 48.9 Å². The standard InChI is InChI=1S/C27H31F3N2O4S/c1-16(33)10-17-2-6-22(7-3-17)37(35,36)9-8-27(34)32-20-4-5-21(32)12-19(11-20)26(31)14-18-13-24(29)25(30)15-23(18)28/h2-3,6-7,13,15,19-21,26H,4-5,8-12,14,31H2,1H3/t19?,20-,21+,26-/m1/s1. The number of carbonyl (C=O) groups excluding carboxylic acids is 2. The highest BCUT2D eigenvalue weighted by Gasteiger charge is 2.44. The Morgan fingerprint density at radius 1 is 1.00 bits per heavy atom. The fourth-order valence-electron chi connectivity index (χ4n) is 5.69. The van der Waals surface area contributed by atoms with Gasteiger partial charge in [-0.3, -0.25) is 9.59 Å². The van der Waals surface area contributed by atoms with Gasteiger partial charge >= 0.3 is 0 Å². The number of piperidine rings is 1. The van der Waals surface area contributed by atoms with Crippen molar-refractivity contribution < 1.29 is 31.2 Å². The first-order valence-corrected chi connectivity index (χ1v) is 14.1. The lowest BCUT2D eigenvalue weighted by Gasteiger charge is -2.41. The molecule has 4 rings (SSSR count). The third-order valence-electron chi connectivity index (χ3n) is 7.53. The Balaban J connectivity index is 1.34. The number of sulfone groups is 1. The lowest BCUT2D eigenvalue weighted by molar-refractivity contribution is -0.136. The molecule has 2 bridgehead atoms. The predicted molar refractivity (Wildman–Crippen MR) is 132 cm³/mol. The highest BCUT2D eigenvalue weighted by atomic mass is 32.2. The summed E-state index contributed by atoms with van der Waals surface area (Å²) in [5, 5.41) is 0. The molecule has 2 aliphatic rings. The average Bonchev–Trinajstić information content (AvgIpc) is 3.10. The summed E-state index contributed by atoms with van der Waals surface area (Å²) in [6.07, 6.45) is 2.91. The first kappa shape index (κ1) is 27.3. The maximum atomic E-state index is 14.1. The lowest BCUT2D eigenvalue weighted by Crippen LogP contribution is -2.50. The summed E-state index contributed by atoms with van der Waals surface area (Å²) in [6, 6.07) is 6.87. The third-order valence-corrected chi connectivity index (χ3v) is 9.26. The van der Waals surface area contributed by atoms with Crippen LogP contribution in [-0.2, 0) is 32.3 Å².